The average molecular weight is 1820 g/mol. The summed E-state index contributed by atoms with van der Waals surface area (Å²) in [5.74, 6) is -0.509. The van der Waals surface area contributed by atoms with Crippen molar-refractivity contribution in [1.29, 1.82) is 0 Å². The van der Waals surface area contributed by atoms with Crippen molar-refractivity contribution >= 4 is 105 Å². The molecule has 3 N–H and O–H groups in total. The van der Waals surface area contributed by atoms with Crippen LogP contribution in [0.3, 0.4) is 0 Å². The molecule has 2 fully saturated rings. The Labute approximate surface area is 759 Å². The van der Waals surface area contributed by atoms with Crippen molar-refractivity contribution in [3.63, 3.8) is 0 Å². The summed E-state index contributed by atoms with van der Waals surface area (Å²) in [6.07, 6.45) is 8.18. The number of piperazine rings is 1. The molecule has 8 aromatic carbocycles. The summed E-state index contributed by atoms with van der Waals surface area (Å²) < 4.78 is 64.3. The summed E-state index contributed by atoms with van der Waals surface area (Å²) in [5.41, 5.74) is 7.52. The van der Waals surface area contributed by atoms with Gasteiger partial charge in [0, 0.05) is 89.3 Å². The van der Waals surface area contributed by atoms with Crippen molar-refractivity contribution < 1.29 is 36.0 Å². The maximum Gasteiger partial charge on any atom is 0.272 e. The Balaban J connectivity index is 0.000000149. The van der Waals surface area contributed by atoms with Gasteiger partial charge in [0.1, 0.15) is 17.1 Å². The van der Waals surface area contributed by atoms with Crippen LogP contribution >= 0.6 is 34.8 Å². The van der Waals surface area contributed by atoms with Crippen LogP contribution in [0.1, 0.15) is 131 Å². The SMILES string of the molecule is Cc1ncc(-c2ccc(OC(C)C)nc2)nc1C(=O)N[C@@H](C)c1cc2cccc(Cl)c2c(=O)n1-c1ccccc1.Cc1ncc(-c2cccc(S(=O)(=O)CC3CC3)c2)nc1C(=O)N[C@@H](C)c1cc2cccc(Cl)c2c(=O)n1-c1ccccc1.Cc1ncc(-c2cccc(S(=O)(=O)N3CCN(C)CC3)c2)nc1C(=O)N[C@@H](C)c1cc2cccc(Cl)c2c(=O)n1-c1ccccc1. The summed E-state index contributed by atoms with van der Waals surface area (Å²) in [4.78, 5) is 116. The zero-order chi connectivity index (χ0) is 91.3. The predicted octanol–water partition coefficient (Wildman–Crippen LogP) is 17.0. The number of halogens is 3. The van der Waals surface area contributed by atoms with E-state index >= 15 is 0 Å². The van der Waals surface area contributed by atoms with Crippen molar-refractivity contribution in [3.8, 4) is 56.7 Å². The van der Waals surface area contributed by atoms with E-state index in [1.54, 1.807) is 152 Å². The Morgan fingerprint density at radius 3 is 1.13 bits per heavy atom. The molecule has 656 valence electrons. The standard InChI is InChI=1S/C34H33ClN6O4S.C33H29ClN4O4S.C31H28ClN5O3/c1-22(30-20-25-10-8-14-28(35)31(25)34(43)41(30)26-11-5-4-6-12-26)37-33(42)32-23(2)36-21-29(38-32)24-9-7-13-27(19-24)46(44,45)40-17-15-39(3)16-18-40;1-20(29-17-24-9-7-13-27(34)30(24)33(40)38(29)25-10-4-3-5-11-25)36-32(39)31-21(2)35-18-28(37-31)23-8-6-12-26(16-23)43(41,42)19-22-14-15-22;1-18(2)40-27-14-13-22(16-34-27)25-17-33-20(4)29(36-25)30(38)35-19(3)26-15-21-9-8-12-24(32)28(21)31(39)37(26)23-10-6-5-7-11-23/h4-14,19-22H,15-18H2,1-3H3,(H,37,42);3-13,16-18,20,22H,14-15,19H2,1-2H3,(H,36,39);5-19H,1-4H3,(H,35,38)/t22-;20-;19-/m000/s1. The fraction of sp³-hybridized carbons (Fsp3) is 0.214. The third-order valence-corrected chi connectivity index (χ3v) is 27.0. The number of aromatic nitrogens is 10. The van der Waals surface area contributed by atoms with Crippen LogP contribution in [0.4, 0.5) is 0 Å². The Bertz CT molecular complexity index is 7270. The molecule has 1 saturated heterocycles. The van der Waals surface area contributed by atoms with Gasteiger partial charge in [-0.05, 0) is 200 Å². The highest BCUT2D eigenvalue weighted by Gasteiger charge is 2.33. The van der Waals surface area contributed by atoms with Gasteiger partial charge < -0.3 is 25.6 Å². The highest BCUT2D eigenvalue weighted by molar-refractivity contribution is 7.91. The number of hydrogen-bond acceptors (Lipinski definition) is 19. The van der Waals surface area contributed by atoms with E-state index in [0.29, 0.717) is 164 Å². The first-order valence-electron chi connectivity index (χ1n) is 41.8. The van der Waals surface area contributed by atoms with E-state index in [-0.39, 0.29) is 61.3 Å². The molecule has 0 bridgehead atoms. The molecule has 7 aromatic heterocycles. The highest BCUT2D eigenvalue weighted by atomic mass is 35.5. The number of aryl methyl sites for hydroxylation is 3. The molecule has 17 rings (SSSR count). The van der Waals surface area contributed by atoms with E-state index < -0.39 is 55.7 Å². The van der Waals surface area contributed by atoms with Crippen LogP contribution in [0, 0.1) is 26.7 Å². The number of hydrogen-bond donors (Lipinski definition) is 3. The van der Waals surface area contributed by atoms with Gasteiger partial charge >= 0.3 is 0 Å². The number of nitrogens with one attached hydrogen (secondary N) is 3. The van der Waals surface area contributed by atoms with E-state index in [2.05, 4.69) is 55.7 Å². The first-order valence-corrected chi connectivity index (χ1v) is 46.0. The third-order valence-electron chi connectivity index (χ3n) is 22.3. The fourth-order valence-electron chi connectivity index (χ4n) is 15.3. The normalized spacial score (nSPS) is 13.8. The minimum absolute atomic E-state index is 0.00709. The minimum atomic E-state index is -3.70. The Morgan fingerprint density at radius 1 is 0.419 bits per heavy atom. The average Bonchev–Trinajstić information content (AvgIpc) is 1.30. The molecule has 8 heterocycles. The van der Waals surface area contributed by atoms with Crippen LogP contribution in [-0.2, 0) is 19.9 Å². The number of para-hydroxylation sites is 3. The lowest BCUT2D eigenvalue weighted by Crippen LogP contribution is -2.47. The lowest BCUT2D eigenvalue weighted by atomic mass is 10.1. The Morgan fingerprint density at radius 2 is 0.775 bits per heavy atom. The number of rotatable bonds is 22. The monoisotopic (exact) mass is 1820 g/mol. The van der Waals surface area contributed by atoms with Gasteiger partial charge in [0.15, 0.2) is 9.84 Å². The van der Waals surface area contributed by atoms with Crippen LogP contribution in [0.2, 0.25) is 15.1 Å². The summed E-state index contributed by atoms with van der Waals surface area (Å²) in [6, 6.07) is 64.0. The van der Waals surface area contributed by atoms with Crippen molar-refractivity contribution in [1.82, 2.24) is 73.7 Å². The van der Waals surface area contributed by atoms with Gasteiger partial charge in [-0.15, -0.1) is 0 Å². The predicted molar refractivity (Wildman–Crippen MR) is 503 cm³/mol. The van der Waals surface area contributed by atoms with E-state index in [1.165, 1.54) is 16.7 Å². The number of sulfone groups is 1. The highest BCUT2D eigenvalue weighted by Crippen LogP contribution is 2.36. The molecule has 0 spiro atoms. The molecular weight excluding hydrogens is 1730 g/mol. The minimum Gasteiger partial charge on any atom is -0.475 e. The maximum absolute atomic E-state index is 13.8. The third kappa shape index (κ3) is 20.0. The fourth-order valence-corrected chi connectivity index (χ4v) is 19.3. The molecule has 3 atom stereocenters. The van der Waals surface area contributed by atoms with Gasteiger partial charge in [-0.2, -0.15) is 4.31 Å². The molecular formula is C98H90Cl3N15O11S2. The molecule has 2 aliphatic rings. The van der Waals surface area contributed by atoms with E-state index in [4.69, 9.17) is 39.5 Å². The number of carbonyl (C=O) groups excluding carboxylic acids is 3. The van der Waals surface area contributed by atoms with Gasteiger partial charge in [0.2, 0.25) is 15.9 Å². The Kier molecular flexibility index (Phi) is 27.1. The molecule has 0 radical (unpaired) electrons. The number of pyridine rings is 4. The van der Waals surface area contributed by atoms with Crippen LogP contribution < -0.4 is 37.4 Å². The van der Waals surface area contributed by atoms with Gasteiger partial charge in [0.05, 0.1) is 124 Å². The van der Waals surface area contributed by atoms with Gasteiger partial charge in [-0.3, -0.25) is 57.4 Å². The van der Waals surface area contributed by atoms with Crippen molar-refractivity contribution in [3.05, 3.63) is 347 Å². The van der Waals surface area contributed by atoms with E-state index in [0.717, 1.165) is 12.8 Å². The number of nitrogens with zero attached hydrogens (tertiary/aromatic N) is 12. The molecule has 3 amide bonds. The van der Waals surface area contributed by atoms with E-state index in [9.17, 15) is 45.6 Å². The smallest absolute Gasteiger partial charge is 0.272 e. The molecule has 15 aromatic rings. The number of benzene rings is 8. The van der Waals surface area contributed by atoms with Crippen molar-refractivity contribution in [2.75, 3.05) is 39.0 Å². The van der Waals surface area contributed by atoms with E-state index in [1.807, 2.05) is 161 Å². The second-order valence-corrected chi connectivity index (χ2v) is 37.1. The summed E-state index contributed by atoms with van der Waals surface area (Å²) >= 11 is 19.3. The zero-order valence-corrected chi connectivity index (χ0v) is 75.7. The summed E-state index contributed by atoms with van der Waals surface area (Å²) in [6.45, 7) is 16.5. The number of ether oxygens (including phenoxy) is 1. The molecule has 1 aliphatic heterocycles. The van der Waals surface area contributed by atoms with Crippen LogP contribution in [0.25, 0.3) is 83.2 Å². The molecule has 0 unspecified atom stereocenters. The van der Waals surface area contributed by atoms with Crippen LogP contribution in [-0.4, -0.2) is 137 Å². The largest absolute Gasteiger partial charge is 0.475 e. The Hall–Kier alpha value is -13.3. The van der Waals surface area contributed by atoms with Crippen molar-refractivity contribution in [2.45, 2.75) is 102 Å². The molecule has 26 nitrogen and oxygen atoms in total. The van der Waals surface area contributed by atoms with Gasteiger partial charge in [0.25, 0.3) is 34.4 Å². The number of amides is 3. The molecule has 1 aliphatic carbocycles. The maximum atomic E-state index is 13.8. The lowest BCUT2D eigenvalue weighted by Gasteiger charge is -2.31. The summed E-state index contributed by atoms with van der Waals surface area (Å²) in [7, 11) is -5.16. The first-order chi connectivity index (χ1) is 61.9. The lowest BCUT2D eigenvalue weighted by molar-refractivity contribution is 0.0924. The second kappa shape index (κ2) is 38.7. The first kappa shape index (κ1) is 90.5. The van der Waals surface area contributed by atoms with Gasteiger partial charge in [-0.25, -0.2) is 36.8 Å². The van der Waals surface area contributed by atoms with Gasteiger partial charge in [-0.1, -0.05) is 150 Å². The molecule has 1 saturated carbocycles. The topological polar surface area (TPSA) is 328 Å². The number of likely N-dealkylation sites (N-methyl/N-ethyl adjacent to an activating group) is 1. The molecule has 129 heavy (non-hydrogen) atoms. The van der Waals surface area contributed by atoms with Crippen LogP contribution in [0.5, 0.6) is 5.88 Å². The summed E-state index contributed by atoms with van der Waals surface area (Å²) in [5, 5.41) is 13.3. The number of carbonyl (C=O) groups is 3. The molecule has 31 heteroatoms. The second-order valence-electron chi connectivity index (χ2n) is 31.9. The number of fused-ring (bicyclic) bond motifs is 3. The van der Waals surface area contributed by atoms with Crippen molar-refractivity contribution in [2.24, 2.45) is 5.92 Å². The quantitative estimate of drug-likeness (QED) is 0.0567. The number of sulfonamides is 1. The van der Waals surface area contributed by atoms with Crippen LogP contribution in [0.15, 0.2) is 273 Å². The zero-order valence-electron chi connectivity index (χ0n) is 71.8.